The van der Waals surface area contributed by atoms with Gasteiger partial charge in [0.15, 0.2) is 11.6 Å². The van der Waals surface area contributed by atoms with Gasteiger partial charge in [0.25, 0.3) is 5.69 Å². The Labute approximate surface area is 120 Å². The molecule has 4 nitrogen and oxygen atoms in total. The molecule has 0 fully saturated rings. The van der Waals surface area contributed by atoms with Crippen molar-refractivity contribution in [3.63, 3.8) is 0 Å². The molecule has 110 valence electrons. The average molecular weight is 292 g/mol. The average Bonchev–Trinajstić information content (AvgIpc) is 2.46. The van der Waals surface area contributed by atoms with E-state index in [0.717, 1.165) is 5.56 Å². The lowest BCUT2D eigenvalue weighted by atomic mass is 10.0. The van der Waals surface area contributed by atoms with Crippen LogP contribution in [0.2, 0.25) is 0 Å². The van der Waals surface area contributed by atoms with Gasteiger partial charge in [-0.3, -0.25) is 10.1 Å². The molecule has 0 aliphatic carbocycles. The van der Waals surface area contributed by atoms with Crippen LogP contribution in [-0.4, -0.2) is 11.5 Å². The normalized spacial score (nSPS) is 12.0. The van der Waals surface area contributed by atoms with Crippen molar-refractivity contribution >= 4 is 11.4 Å². The maximum Gasteiger partial charge on any atom is 0.275 e. The molecule has 0 radical (unpaired) electrons. The van der Waals surface area contributed by atoms with Crippen molar-refractivity contribution in [1.29, 1.82) is 0 Å². The number of nitrogens with one attached hydrogen (secondary N) is 1. The summed E-state index contributed by atoms with van der Waals surface area (Å²) in [6.07, 6.45) is 0. The Balaban J connectivity index is 2.12. The van der Waals surface area contributed by atoms with Crippen LogP contribution in [0.25, 0.3) is 0 Å². The zero-order chi connectivity index (χ0) is 15.4. The molecule has 6 heteroatoms. The molecule has 1 N–H and O–H groups in total. The second kappa shape index (κ2) is 6.30. The SMILES string of the molecule is CC(CNc1c(F)cc([N+](=O)[O-])cc1F)c1ccccc1. The maximum absolute atomic E-state index is 13.7. The third-order valence-corrected chi connectivity index (χ3v) is 3.19. The molecule has 0 aromatic heterocycles. The van der Waals surface area contributed by atoms with Crippen molar-refractivity contribution in [3.8, 4) is 0 Å². The number of nitro benzene ring substituents is 1. The van der Waals surface area contributed by atoms with E-state index in [2.05, 4.69) is 5.32 Å². The van der Waals surface area contributed by atoms with Gasteiger partial charge in [-0.15, -0.1) is 0 Å². The fraction of sp³-hybridized carbons (Fsp3) is 0.200. The van der Waals surface area contributed by atoms with Gasteiger partial charge in [0.2, 0.25) is 0 Å². The highest BCUT2D eigenvalue weighted by molar-refractivity contribution is 5.51. The summed E-state index contributed by atoms with van der Waals surface area (Å²) in [5.41, 5.74) is 0.0859. The van der Waals surface area contributed by atoms with Crippen molar-refractivity contribution in [3.05, 3.63) is 69.8 Å². The summed E-state index contributed by atoms with van der Waals surface area (Å²) in [7, 11) is 0. The van der Waals surface area contributed by atoms with Gasteiger partial charge in [-0.25, -0.2) is 8.78 Å². The first kappa shape index (κ1) is 14.9. The second-order valence-electron chi connectivity index (χ2n) is 4.73. The number of anilines is 1. The van der Waals surface area contributed by atoms with E-state index in [0.29, 0.717) is 18.7 Å². The lowest BCUT2D eigenvalue weighted by molar-refractivity contribution is -0.385. The largest absolute Gasteiger partial charge is 0.380 e. The third-order valence-electron chi connectivity index (χ3n) is 3.19. The zero-order valence-electron chi connectivity index (χ0n) is 11.3. The quantitative estimate of drug-likeness (QED) is 0.667. The van der Waals surface area contributed by atoms with Gasteiger partial charge in [-0.1, -0.05) is 37.3 Å². The maximum atomic E-state index is 13.7. The summed E-state index contributed by atoms with van der Waals surface area (Å²) >= 11 is 0. The van der Waals surface area contributed by atoms with Crippen molar-refractivity contribution in [2.24, 2.45) is 0 Å². The van der Waals surface area contributed by atoms with Crippen LogP contribution in [0.15, 0.2) is 42.5 Å². The van der Waals surface area contributed by atoms with Crippen molar-refractivity contribution in [2.45, 2.75) is 12.8 Å². The molecule has 1 unspecified atom stereocenters. The molecular weight excluding hydrogens is 278 g/mol. The summed E-state index contributed by atoms with van der Waals surface area (Å²) in [6.45, 7) is 2.24. The summed E-state index contributed by atoms with van der Waals surface area (Å²) in [6, 6.07) is 10.9. The molecule has 0 bridgehead atoms. The Bertz CT molecular complexity index is 624. The topological polar surface area (TPSA) is 55.2 Å². The Morgan fingerprint density at radius 2 is 1.76 bits per heavy atom. The highest BCUT2D eigenvalue weighted by Gasteiger charge is 2.17. The van der Waals surface area contributed by atoms with Crippen LogP contribution in [0, 0.1) is 21.7 Å². The minimum absolute atomic E-state index is 0.0418. The van der Waals surface area contributed by atoms with E-state index >= 15 is 0 Å². The van der Waals surface area contributed by atoms with Crippen LogP contribution in [0.5, 0.6) is 0 Å². The molecule has 0 saturated carbocycles. The molecule has 0 amide bonds. The van der Waals surface area contributed by atoms with E-state index in [9.17, 15) is 18.9 Å². The Kier molecular flexibility index (Phi) is 4.47. The fourth-order valence-electron chi connectivity index (χ4n) is 1.99. The summed E-state index contributed by atoms with van der Waals surface area (Å²) < 4.78 is 27.4. The van der Waals surface area contributed by atoms with Gasteiger partial charge in [0, 0.05) is 6.54 Å². The molecule has 0 spiro atoms. The van der Waals surface area contributed by atoms with Gasteiger partial charge in [-0.2, -0.15) is 0 Å². The molecular formula is C15H14F2N2O2. The first-order chi connectivity index (χ1) is 9.99. The molecule has 2 rings (SSSR count). The monoisotopic (exact) mass is 292 g/mol. The molecule has 0 aliphatic heterocycles. The first-order valence-corrected chi connectivity index (χ1v) is 6.41. The van der Waals surface area contributed by atoms with Crippen molar-refractivity contribution in [2.75, 3.05) is 11.9 Å². The molecule has 21 heavy (non-hydrogen) atoms. The standard InChI is InChI=1S/C15H14F2N2O2/c1-10(11-5-3-2-4-6-11)9-18-15-13(16)7-12(19(20)21)8-14(15)17/h2-8,10,18H,9H2,1H3. The highest BCUT2D eigenvalue weighted by atomic mass is 19.1. The van der Waals surface area contributed by atoms with Crippen molar-refractivity contribution < 1.29 is 13.7 Å². The Hall–Kier alpha value is -2.50. The molecule has 0 aliphatic rings. The number of hydrogen-bond donors (Lipinski definition) is 1. The lowest BCUT2D eigenvalue weighted by Gasteiger charge is -2.15. The van der Waals surface area contributed by atoms with Gasteiger partial charge < -0.3 is 5.32 Å². The second-order valence-corrected chi connectivity index (χ2v) is 4.73. The van der Waals surface area contributed by atoms with Crippen LogP contribution in [0.4, 0.5) is 20.2 Å². The van der Waals surface area contributed by atoms with Crippen molar-refractivity contribution in [1.82, 2.24) is 0 Å². The summed E-state index contributed by atoms with van der Waals surface area (Å²) in [5, 5.41) is 13.2. The predicted molar refractivity (Wildman–Crippen MR) is 76.4 cm³/mol. The van der Waals surface area contributed by atoms with Gasteiger partial charge in [0.05, 0.1) is 17.1 Å². The highest BCUT2D eigenvalue weighted by Crippen LogP contribution is 2.25. The summed E-state index contributed by atoms with van der Waals surface area (Å²) in [5.74, 6) is -1.90. The van der Waals surface area contributed by atoms with Gasteiger partial charge in [-0.05, 0) is 11.5 Å². The number of benzene rings is 2. The van der Waals surface area contributed by atoms with E-state index in [1.807, 2.05) is 37.3 Å². The van der Waals surface area contributed by atoms with E-state index in [4.69, 9.17) is 0 Å². The number of hydrogen-bond acceptors (Lipinski definition) is 3. The van der Waals surface area contributed by atoms with E-state index in [-0.39, 0.29) is 11.6 Å². The number of nitrogens with zero attached hydrogens (tertiary/aromatic N) is 1. The van der Waals surface area contributed by atoms with E-state index in [1.165, 1.54) is 0 Å². The number of halogens is 2. The zero-order valence-corrected chi connectivity index (χ0v) is 11.3. The minimum Gasteiger partial charge on any atom is -0.380 e. The number of non-ortho nitro benzene ring substituents is 1. The van der Waals surface area contributed by atoms with Crippen LogP contribution >= 0.6 is 0 Å². The first-order valence-electron chi connectivity index (χ1n) is 6.41. The smallest absolute Gasteiger partial charge is 0.275 e. The van der Waals surface area contributed by atoms with Crippen LogP contribution in [0.3, 0.4) is 0 Å². The van der Waals surface area contributed by atoms with E-state index < -0.39 is 22.2 Å². The third kappa shape index (κ3) is 3.53. The molecule has 0 saturated heterocycles. The number of rotatable bonds is 5. The van der Waals surface area contributed by atoms with Gasteiger partial charge in [0.1, 0.15) is 5.69 Å². The lowest BCUT2D eigenvalue weighted by Crippen LogP contribution is -2.12. The minimum atomic E-state index is -0.970. The van der Waals surface area contributed by atoms with Crippen LogP contribution in [0.1, 0.15) is 18.4 Å². The van der Waals surface area contributed by atoms with Gasteiger partial charge >= 0.3 is 0 Å². The molecule has 2 aromatic rings. The molecule has 2 aromatic carbocycles. The molecule has 1 atom stereocenters. The fourth-order valence-corrected chi connectivity index (χ4v) is 1.99. The predicted octanol–water partition coefficient (Wildman–Crippen LogP) is 4.09. The van der Waals surface area contributed by atoms with Crippen LogP contribution in [-0.2, 0) is 0 Å². The van der Waals surface area contributed by atoms with E-state index in [1.54, 1.807) is 0 Å². The Morgan fingerprint density at radius 1 is 1.19 bits per heavy atom. The number of nitro groups is 1. The molecule has 0 heterocycles. The van der Waals surface area contributed by atoms with Crippen LogP contribution < -0.4 is 5.32 Å². The summed E-state index contributed by atoms with van der Waals surface area (Å²) in [4.78, 5) is 9.69. The Morgan fingerprint density at radius 3 is 2.29 bits per heavy atom.